The van der Waals surface area contributed by atoms with Crippen LogP contribution in [-0.4, -0.2) is 17.9 Å². The zero-order valence-electron chi connectivity index (χ0n) is 11.4. The van der Waals surface area contributed by atoms with Crippen molar-refractivity contribution in [3.63, 3.8) is 0 Å². The van der Waals surface area contributed by atoms with E-state index in [1.165, 1.54) is 5.56 Å². The third-order valence-electron chi connectivity index (χ3n) is 3.52. The average molecular weight is 260 g/mol. The van der Waals surface area contributed by atoms with Crippen LogP contribution in [0.3, 0.4) is 0 Å². The highest BCUT2D eigenvalue weighted by Gasteiger charge is 2.28. The predicted molar refractivity (Wildman–Crippen MR) is 73.5 cm³/mol. The molecule has 0 bridgehead atoms. The standard InChI is InChI=1S/C15H20N2O2/c1-3-12(11-6-4-10(2)5-7-11)17-15(19)13-8-9-14(18)16-13/h4-7,12-13H,3,8-9H2,1-2H3,(H,16,18)(H,17,19). The van der Waals surface area contributed by atoms with Gasteiger partial charge in [0, 0.05) is 6.42 Å². The molecule has 2 rings (SSSR count). The number of carbonyl (C=O) groups is 2. The summed E-state index contributed by atoms with van der Waals surface area (Å²) in [6.45, 7) is 4.08. The highest BCUT2D eigenvalue weighted by molar-refractivity contribution is 5.90. The number of hydrogen-bond donors (Lipinski definition) is 2. The first kappa shape index (κ1) is 13.6. The smallest absolute Gasteiger partial charge is 0.243 e. The van der Waals surface area contributed by atoms with Crippen LogP contribution in [0.15, 0.2) is 24.3 Å². The molecule has 2 atom stereocenters. The molecular weight excluding hydrogens is 240 g/mol. The predicted octanol–water partition coefficient (Wildman–Crippen LogP) is 1.84. The number of amides is 2. The second-order valence-electron chi connectivity index (χ2n) is 5.04. The normalized spacial score (nSPS) is 19.9. The number of rotatable bonds is 4. The Hall–Kier alpha value is -1.84. The molecule has 1 aromatic carbocycles. The molecule has 1 saturated heterocycles. The van der Waals surface area contributed by atoms with Gasteiger partial charge >= 0.3 is 0 Å². The van der Waals surface area contributed by atoms with Crippen molar-refractivity contribution in [3.05, 3.63) is 35.4 Å². The van der Waals surface area contributed by atoms with E-state index in [1.807, 2.05) is 38.1 Å². The molecule has 1 aromatic rings. The summed E-state index contributed by atoms with van der Waals surface area (Å²) < 4.78 is 0. The van der Waals surface area contributed by atoms with E-state index >= 15 is 0 Å². The van der Waals surface area contributed by atoms with Crippen LogP contribution in [0.5, 0.6) is 0 Å². The summed E-state index contributed by atoms with van der Waals surface area (Å²) >= 11 is 0. The fourth-order valence-corrected chi connectivity index (χ4v) is 2.30. The topological polar surface area (TPSA) is 58.2 Å². The minimum Gasteiger partial charge on any atom is -0.348 e. The van der Waals surface area contributed by atoms with Crippen molar-refractivity contribution in [1.29, 1.82) is 0 Å². The molecule has 2 amide bonds. The van der Waals surface area contributed by atoms with Crippen molar-refractivity contribution in [2.24, 2.45) is 0 Å². The Bertz CT molecular complexity index is 468. The lowest BCUT2D eigenvalue weighted by molar-refractivity contribution is -0.126. The molecule has 1 aliphatic heterocycles. The van der Waals surface area contributed by atoms with Gasteiger partial charge in [0.15, 0.2) is 0 Å². The van der Waals surface area contributed by atoms with Gasteiger partial charge in [0.2, 0.25) is 11.8 Å². The van der Waals surface area contributed by atoms with Gasteiger partial charge in [0.05, 0.1) is 6.04 Å². The van der Waals surface area contributed by atoms with Crippen LogP contribution in [0.1, 0.15) is 43.4 Å². The molecule has 0 radical (unpaired) electrons. The largest absolute Gasteiger partial charge is 0.348 e. The summed E-state index contributed by atoms with van der Waals surface area (Å²) in [5, 5.41) is 5.70. The van der Waals surface area contributed by atoms with Crippen LogP contribution >= 0.6 is 0 Å². The van der Waals surface area contributed by atoms with Gasteiger partial charge in [0.1, 0.15) is 6.04 Å². The quantitative estimate of drug-likeness (QED) is 0.868. The van der Waals surface area contributed by atoms with Crippen LogP contribution in [0.2, 0.25) is 0 Å². The van der Waals surface area contributed by atoms with Gasteiger partial charge in [-0.25, -0.2) is 0 Å². The monoisotopic (exact) mass is 260 g/mol. The molecular formula is C15H20N2O2. The Morgan fingerprint density at radius 1 is 1.42 bits per heavy atom. The summed E-state index contributed by atoms with van der Waals surface area (Å²) in [5.41, 5.74) is 2.30. The first-order chi connectivity index (χ1) is 9.10. The van der Waals surface area contributed by atoms with E-state index in [2.05, 4.69) is 10.6 Å². The van der Waals surface area contributed by atoms with E-state index in [0.29, 0.717) is 12.8 Å². The fourth-order valence-electron chi connectivity index (χ4n) is 2.30. The second kappa shape index (κ2) is 5.87. The van der Waals surface area contributed by atoms with E-state index in [0.717, 1.165) is 12.0 Å². The van der Waals surface area contributed by atoms with Gasteiger partial charge < -0.3 is 10.6 Å². The maximum atomic E-state index is 12.1. The molecule has 1 aliphatic rings. The van der Waals surface area contributed by atoms with Crippen molar-refractivity contribution in [1.82, 2.24) is 10.6 Å². The first-order valence-corrected chi connectivity index (χ1v) is 6.76. The van der Waals surface area contributed by atoms with Gasteiger partial charge in [-0.2, -0.15) is 0 Å². The van der Waals surface area contributed by atoms with Crippen LogP contribution in [0.4, 0.5) is 0 Å². The van der Waals surface area contributed by atoms with E-state index in [1.54, 1.807) is 0 Å². The Labute approximate surface area is 113 Å². The molecule has 4 heteroatoms. The zero-order valence-corrected chi connectivity index (χ0v) is 11.4. The van der Waals surface area contributed by atoms with Crippen molar-refractivity contribution >= 4 is 11.8 Å². The van der Waals surface area contributed by atoms with E-state index < -0.39 is 0 Å². The Morgan fingerprint density at radius 3 is 2.63 bits per heavy atom. The maximum Gasteiger partial charge on any atom is 0.243 e. The van der Waals surface area contributed by atoms with Gasteiger partial charge in [-0.3, -0.25) is 9.59 Å². The third-order valence-corrected chi connectivity index (χ3v) is 3.52. The molecule has 102 valence electrons. The highest BCUT2D eigenvalue weighted by atomic mass is 16.2. The first-order valence-electron chi connectivity index (χ1n) is 6.76. The second-order valence-corrected chi connectivity index (χ2v) is 5.04. The summed E-state index contributed by atoms with van der Waals surface area (Å²) in [7, 11) is 0. The van der Waals surface area contributed by atoms with E-state index in [9.17, 15) is 9.59 Å². The van der Waals surface area contributed by atoms with E-state index in [4.69, 9.17) is 0 Å². The van der Waals surface area contributed by atoms with Crippen molar-refractivity contribution in [3.8, 4) is 0 Å². The molecule has 1 heterocycles. The van der Waals surface area contributed by atoms with E-state index in [-0.39, 0.29) is 23.9 Å². The number of nitrogens with one attached hydrogen (secondary N) is 2. The molecule has 0 aliphatic carbocycles. The summed E-state index contributed by atoms with van der Waals surface area (Å²) in [6.07, 6.45) is 1.86. The molecule has 2 N–H and O–H groups in total. The molecule has 0 aromatic heterocycles. The minimum absolute atomic E-state index is 0.00519. The van der Waals surface area contributed by atoms with Crippen LogP contribution in [-0.2, 0) is 9.59 Å². The summed E-state index contributed by atoms with van der Waals surface area (Å²) in [5.74, 6) is -0.123. The van der Waals surface area contributed by atoms with Gasteiger partial charge in [-0.05, 0) is 25.3 Å². The number of aryl methyl sites for hydroxylation is 1. The number of carbonyl (C=O) groups excluding carboxylic acids is 2. The fraction of sp³-hybridized carbons (Fsp3) is 0.467. The molecule has 2 unspecified atom stereocenters. The van der Waals surface area contributed by atoms with Crippen molar-refractivity contribution in [2.75, 3.05) is 0 Å². The lowest BCUT2D eigenvalue weighted by Crippen LogP contribution is -2.42. The highest BCUT2D eigenvalue weighted by Crippen LogP contribution is 2.18. The number of hydrogen-bond acceptors (Lipinski definition) is 2. The molecule has 19 heavy (non-hydrogen) atoms. The lowest BCUT2D eigenvalue weighted by Gasteiger charge is -2.20. The third kappa shape index (κ3) is 3.34. The Morgan fingerprint density at radius 2 is 2.11 bits per heavy atom. The molecule has 4 nitrogen and oxygen atoms in total. The Kier molecular flexibility index (Phi) is 4.20. The average Bonchev–Trinajstić information content (AvgIpc) is 2.84. The molecule has 1 fully saturated rings. The van der Waals surface area contributed by atoms with Crippen molar-refractivity contribution < 1.29 is 9.59 Å². The van der Waals surface area contributed by atoms with Gasteiger partial charge in [0.25, 0.3) is 0 Å². The summed E-state index contributed by atoms with van der Waals surface area (Å²) in [4.78, 5) is 23.2. The van der Waals surface area contributed by atoms with Crippen LogP contribution in [0.25, 0.3) is 0 Å². The number of benzene rings is 1. The lowest BCUT2D eigenvalue weighted by atomic mass is 10.0. The van der Waals surface area contributed by atoms with Crippen LogP contribution < -0.4 is 10.6 Å². The maximum absolute atomic E-state index is 12.1. The van der Waals surface area contributed by atoms with Gasteiger partial charge in [-0.1, -0.05) is 36.8 Å². The zero-order chi connectivity index (χ0) is 13.8. The van der Waals surface area contributed by atoms with Crippen LogP contribution in [0, 0.1) is 6.92 Å². The minimum atomic E-state index is -0.369. The molecule has 0 spiro atoms. The Balaban J connectivity index is 2.00. The van der Waals surface area contributed by atoms with Crippen molar-refractivity contribution in [2.45, 2.75) is 45.2 Å². The van der Waals surface area contributed by atoms with Gasteiger partial charge in [-0.15, -0.1) is 0 Å². The molecule has 0 saturated carbocycles. The SMILES string of the molecule is CCC(NC(=O)C1CCC(=O)N1)c1ccc(C)cc1. The summed E-state index contributed by atoms with van der Waals surface area (Å²) in [6, 6.07) is 7.80.